The van der Waals surface area contributed by atoms with Crippen molar-refractivity contribution in [3.8, 4) is 0 Å². The van der Waals surface area contributed by atoms with Crippen molar-refractivity contribution in [1.29, 1.82) is 0 Å². The van der Waals surface area contributed by atoms with Crippen LogP contribution in [0, 0.1) is 0 Å². The molecule has 2 unspecified atom stereocenters. The molecule has 0 saturated carbocycles. The van der Waals surface area contributed by atoms with Crippen molar-refractivity contribution >= 4 is 43.9 Å². The summed E-state index contributed by atoms with van der Waals surface area (Å²) in [7, 11) is -4.72. The molecule has 18 nitrogen and oxygen atoms in total. The third kappa shape index (κ3) is 6.71. The maximum Gasteiger partial charge on any atom is 0.472 e. The van der Waals surface area contributed by atoms with Gasteiger partial charge >= 0.3 is 20.3 Å². The van der Waals surface area contributed by atoms with E-state index in [1.165, 1.54) is 34.1 Å². The van der Waals surface area contributed by atoms with Crippen LogP contribution in [0.3, 0.4) is 0 Å². The molecule has 5 N–H and O–H groups in total. The highest BCUT2D eigenvalue weighted by atomic mass is 32.7. The molecule has 3 aromatic heterocycles. The highest BCUT2D eigenvalue weighted by molar-refractivity contribution is 8.44. The van der Waals surface area contributed by atoms with Gasteiger partial charge in [-0.3, -0.25) is 32.5 Å². The minimum atomic E-state index is -4.72. The number of aromatic amines is 1. The summed E-state index contributed by atoms with van der Waals surface area (Å²) in [6, 6.07) is 1.18. The van der Waals surface area contributed by atoms with Crippen LogP contribution in [0.2, 0.25) is 0 Å². The number of hydrogen-bond donors (Lipinski definition) is 5. The standard InChI is InChI=1S/C19H25N7O11P2S/c20-17-16-18(22-8-21-17)26(9-23-16)15-5-11(12(36-15)7-34-39(31,32)40)37-38(29,30)33-6-10-1-2-14(35-10)25-4-3-13(27)24-19(25)28/h3-4,8-12,14-15H,1-2,5-7H2,(H,29,30)(H2,20,21,22)(H,24,27,28)(H2,31,32,40)/t10-,11-,12+,14+,15+/m0/s1. The molecule has 0 aromatic carbocycles. The number of rotatable bonds is 10. The Kier molecular flexibility index (Phi) is 8.32. The number of fused-ring (bicyclic) bond motifs is 1. The van der Waals surface area contributed by atoms with Gasteiger partial charge in [-0.1, -0.05) is 12.2 Å². The second-order valence-corrected chi connectivity index (χ2v) is 13.1. The average molecular weight is 621 g/mol. The van der Waals surface area contributed by atoms with E-state index in [1.807, 2.05) is 0 Å². The Morgan fingerprint density at radius 1 is 1.10 bits per heavy atom. The van der Waals surface area contributed by atoms with Crippen molar-refractivity contribution in [2.24, 2.45) is 0 Å². The number of ether oxygens (including phenoxy) is 2. The topological polar surface area (TPSA) is 245 Å². The lowest BCUT2D eigenvalue weighted by molar-refractivity contribution is -0.0456. The molecule has 0 aliphatic carbocycles. The molecule has 0 bridgehead atoms. The van der Waals surface area contributed by atoms with Crippen LogP contribution < -0.4 is 17.0 Å². The van der Waals surface area contributed by atoms with Gasteiger partial charge in [0.15, 0.2) is 11.5 Å². The van der Waals surface area contributed by atoms with E-state index in [2.05, 4.69) is 32.2 Å². The first-order valence-corrected chi connectivity index (χ1v) is 16.0. The summed E-state index contributed by atoms with van der Waals surface area (Å²) in [6.45, 7) is -5.05. The van der Waals surface area contributed by atoms with Crippen molar-refractivity contribution in [2.75, 3.05) is 18.9 Å². The van der Waals surface area contributed by atoms with E-state index in [4.69, 9.17) is 28.8 Å². The summed E-state index contributed by atoms with van der Waals surface area (Å²) in [5.41, 5.74) is 5.29. The largest absolute Gasteiger partial charge is 0.472 e. The number of nitrogens with zero attached hydrogens (tertiary/aromatic N) is 5. The molecule has 7 atom stereocenters. The Balaban J connectivity index is 1.24. The highest BCUT2D eigenvalue weighted by Gasteiger charge is 2.43. The van der Waals surface area contributed by atoms with Gasteiger partial charge in [-0.05, 0) is 12.8 Å². The van der Waals surface area contributed by atoms with E-state index >= 15 is 0 Å². The molecular weight excluding hydrogens is 596 g/mol. The Labute approximate surface area is 229 Å². The zero-order chi connectivity index (χ0) is 28.7. The van der Waals surface area contributed by atoms with Gasteiger partial charge < -0.3 is 25.0 Å². The molecule has 0 spiro atoms. The van der Waals surface area contributed by atoms with Crippen LogP contribution in [0.1, 0.15) is 31.7 Å². The van der Waals surface area contributed by atoms with Crippen LogP contribution in [0.4, 0.5) is 5.82 Å². The average Bonchev–Trinajstić information content (AvgIpc) is 3.60. The van der Waals surface area contributed by atoms with E-state index in [0.29, 0.717) is 24.0 Å². The smallest absolute Gasteiger partial charge is 0.382 e. The summed E-state index contributed by atoms with van der Waals surface area (Å²) >= 11 is 3.48. The first kappa shape index (κ1) is 29.1. The van der Waals surface area contributed by atoms with E-state index in [-0.39, 0.29) is 18.8 Å². The van der Waals surface area contributed by atoms with E-state index in [1.54, 1.807) is 0 Å². The SMILES string of the molecule is Nc1ncnc2c1ncn2[C@H]1C[C@H](OP(=O)(O)OC[C@@H]2CC[C@H](n3ccc(=O)[nH]c3=O)O2)[C@@H](COP(=O)(O)S)O1. The molecule has 2 aliphatic heterocycles. The predicted molar refractivity (Wildman–Crippen MR) is 138 cm³/mol. The number of phosphoric ester groups is 1. The Morgan fingerprint density at radius 3 is 2.65 bits per heavy atom. The quantitative estimate of drug-likeness (QED) is 0.153. The number of thiol groups is 1. The van der Waals surface area contributed by atoms with Crippen molar-refractivity contribution in [2.45, 2.75) is 50.0 Å². The molecule has 5 heterocycles. The monoisotopic (exact) mass is 621 g/mol. The minimum absolute atomic E-state index is 0.0171. The lowest BCUT2D eigenvalue weighted by atomic mass is 10.2. The zero-order valence-corrected chi connectivity index (χ0v) is 23.1. The number of aromatic nitrogens is 6. The molecule has 0 radical (unpaired) electrons. The van der Waals surface area contributed by atoms with Gasteiger partial charge in [0.05, 0.1) is 25.6 Å². The number of nitrogen functional groups attached to an aromatic ring is 1. The van der Waals surface area contributed by atoms with E-state index in [9.17, 15) is 28.5 Å². The van der Waals surface area contributed by atoms with Crippen molar-refractivity contribution < 1.29 is 42.0 Å². The van der Waals surface area contributed by atoms with Gasteiger partial charge in [-0.15, -0.1) is 0 Å². The Hall–Kier alpha value is -2.44. The zero-order valence-electron chi connectivity index (χ0n) is 20.5. The number of hydrogen-bond acceptors (Lipinski definition) is 13. The van der Waals surface area contributed by atoms with Crippen LogP contribution >= 0.6 is 26.9 Å². The molecule has 40 heavy (non-hydrogen) atoms. The Bertz CT molecular complexity index is 1590. The van der Waals surface area contributed by atoms with Crippen molar-refractivity contribution in [1.82, 2.24) is 29.1 Å². The highest BCUT2D eigenvalue weighted by Crippen LogP contribution is 2.51. The molecular formula is C19H25N7O11P2S. The second kappa shape index (κ2) is 11.4. The number of phosphoric acid groups is 1. The molecule has 0 amide bonds. The third-order valence-corrected chi connectivity index (χ3v) is 8.07. The fourth-order valence-electron chi connectivity index (χ4n) is 4.43. The normalized spacial score (nSPS) is 28.0. The summed E-state index contributed by atoms with van der Waals surface area (Å²) < 4.78 is 54.2. The molecule has 5 rings (SSSR count). The van der Waals surface area contributed by atoms with Crippen LogP contribution in [-0.4, -0.2) is 70.4 Å². The van der Waals surface area contributed by atoms with Gasteiger partial charge in [0.1, 0.15) is 36.5 Å². The number of H-pyrrole nitrogens is 1. The van der Waals surface area contributed by atoms with Gasteiger partial charge in [-0.25, -0.2) is 28.9 Å². The molecule has 21 heteroatoms. The van der Waals surface area contributed by atoms with E-state index < -0.39 is 63.2 Å². The second-order valence-electron chi connectivity index (χ2n) is 8.95. The fourth-order valence-corrected chi connectivity index (χ4v) is 5.95. The lowest BCUT2D eigenvalue weighted by Gasteiger charge is -2.22. The number of imidazole rings is 1. The van der Waals surface area contributed by atoms with Crippen molar-refractivity contribution in [3.63, 3.8) is 0 Å². The molecule has 218 valence electrons. The molecule has 2 fully saturated rings. The van der Waals surface area contributed by atoms with Crippen LogP contribution in [0.25, 0.3) is 11.2 Å². The molecule has 3 aromatic rings. The number of nitrogens with one attached hydrogen (secondary N) is 1. The van der Waals surface area contributed by atoms with Gasteiger partial charge in [-0.2, -0.15) is 0 Å². The van der Waals surface area contributed by atoms with Crippen LogP contribution in [-0.2, 0) is 32.2 Å². The maximum atomic E-state index is 12.9. The first-order chi connectivity index (χ1) is 18.9. The molecule has 2 saturated heterocycles. The summed E-state index contributed by atoms with van der Waals surface area (Å²) in [4.78, 5) is 57.5. The van der Waals surface area contributed by atoms with Crippen LogP contribution in [0.15, 0.2) is 34.5 Å². The van der Waals surface area contributed by atoms with Gasteiger partial charge in [0.25, 0.3) is 5.56 Å². The minimum Gasteiger partial charge on any atom is -0.382 e. The summed E-state index contributed by atoms with van der Waals surface area (Å²) in [5.74, 6) is 0.140. The predicted octanol–water partition coefficient (Wildman–Crippen LogP) is 0.473. The lowest BCUT2D eigenvalue weighted by Crippen LogP contribution is -2.31. The maximum absolute atomic E-state index is 12.9. The fraction of sp³-hybridized carbons (Fsp3) is 0.526. The van der Waals surface area contributed by atoms with Crippen LogP contribution in [0.5, 0.6) is 0 Å². The molecule has 2 aliphatic rings. The first-order valence-electron chi connectivity index (χ1n) is 11.8. The van der Waals surface area contributed by atoms with E-state index in [0.717, 1.165) is 0 Å². The van der Waals surface area contributed by atoms with Gasteiger partial charge in [0, 0.05) is 18.7 Å². The number of anilines is 1. The van der Waals surface area contributed by atoms with Crippen molar-refractivity contribution in [3.05, 3.63) is 45.8 Å². The number of nitrogens with two attached hydrogens (primary N) is 1. The third-order valence-electron chi connectivity index (χ3n) is 6.22. The summed E-state index contributed by atoms with van der Waals surface area (Å²) in [6.07, 6.45) is 0.322. The summed E-state index contributed by atoms with van der Waals surface area (Å²) in [5, 5.41) is 0. The van der Waals surface area contributed by atoms with Gasteiger partial charge in [0.2, 0.25) is 0 Å². The Morgan fingerprint density at radius 2 is 1.90 bits per heavy atom.